The van der Waals surface area contributed by atoms with E-state index in [1.165, 1.54) is 0 Å². The number of carbonyl (C=O) groups is 3. The van der Waals surface area contributed by atoms with E-state index in [1.807, 2.05) is 31.2 Å². The molecule has 0 aliphatic rings. The molecule has 1 aromatic heterocycles. The zero-order valence-corrected chi connectivity index (χ0v) is 16.7. The topological polar surface area (TPSA) is 132 Å². The van der Waals surface area contributed by atoms with Gasteiger partial charge in [0.25, 0.3) is 11.8 Å². The first-order valence-corrected chi connectivity index (χ1v) is 9.33. The Morgan fingerprint density at radius 2 is 1.80 bits per heavy atom. The van der Waals surface area contributed by atoms with E-state index in [-0.39, 0.29) is 24.2 Å². The van der Waals surface area contributed by atoms with Gasteiger partial charge in [-0.1, -0.05) is 29.5 Å². The minimum Gasteiger partial charge on any atom is -0.370 e. The van der Waals surface area contributed by atoms with Gasteiger partial charge in [-0.2, -0.15) is 0 Å². The molecule has 0 atom stereocenters. The van der Waals surface area contributed by atoms with Crippen LogP contribution in [0.5, 0.6) is 0 Å². The van der Waals surface area contributed by atoms with E-state index >= 15 is 0 Å². The molecule has 0 saturated heterocycles. The number of nitrogens with two attached hydrogens (primary N) is 1. The van der Waals surface area contributed by atoms with E-state index in [0.717, 1.165) is 11.3 Å². The zero-order chi connectivity index (χ0) is 21.7. The van der Waals surface area contributed by atoms with Crippen molar-refractivity contribution in [1.29, 1.82) is 0 Å². The molecule has 4 N–H and O–H groups in total. The fourth-order valence-corrected chi connectivity index (χ4v) is 2.91. The van der Waals surface area contributed by atoms with E-state index in [1.54, 1.807) is 35.9 Å². The van der Waals surface area contributed by atoms with Crippen LogP contribution in [0, 0.1) is 13.8 Å². The summed E-state index contributed by atoms with van der Waals surface area (Å²) in [4.78, 5) is 36.1. The summed E-state index contributed by atoms with van der Waals surface area (Å²) >= 11 is 0. The Hall–Kier alpha value is -4.01. The molecule has 30 heavy (non-hydrogen) atoms. The molecule has 0 fully saturated rings. The van der Waals surface area contributed by atoms with Crippen LogP contribution < -0.4 is 16.4 Å². The lowest BCUT2D eigenvalue weighted by Crippen LogP contribution is -2.29. The molecule has 0 aliphatic carbocycles. The first kappa shape index (κ1) is 20.7. The number of carbonyl (C=O) groups excluding carboxylic acids is 3. The fraction of sp³-hybridized carbons (Fsp3) is 0.190. The van der Waals surface area contributed by atoms with Crippen LogP contribution in [0.15, 0.2) is 48.5 Å². The highest BCUT2D eigenvalue weighted by molar-refractivity contribution is 6.08. The molecule has 3 rings (SSSR count). The fourth-order valence-electron chi connectivity index (χ4n) is 2.91. The third-order valence-corrected chi connectivity index (χ3v) is 4.43. The van der Waals surface area contributed by atoms with Crippen molar-refractivity contribution in [1.82, 2.24) is 20.3 Å². The molecule has 9 nitrogen and oxygen atoms in total. The number of rotatable bonds is 7. The maximum absolute atomic E-state index is 12.8. The number of nitrogens with zero attached hydrogens (tertiary/aromatic N) is 3. The van der Waals surface area contributed by atoms with Crippen LogP contribution in [-0.4, -0.2) is 39.3 Å². The summed E-state index contributed by atoms with van der Waals surface area (Å²) in [6, 6.07) is 14.3. The maximum Gasteiger partial charge on any atom is 0.278 e. The molecule has 3 amide bonds. The number of aromatic nitrogens is 3. The molecule has 0 aliphatic heterocycles. The highest BCUT2D eigenvalue weighted by Gasteiger charge is 2.20. The smallest absolute Gasteiger partial charge is 0.278 e. The Balaban J connectivity index is 1.79. The highest BCUT2D eigenvalue weighted by atomic mass is 16.2. The quantitative estimate of drug-likeness (QED) is 0.550. The van der Waals surface area contributed by atoms with E-state index in [4.69, 9.17) is 5.73 Å². The van der Waals surface area contributed by atoms with Gasteiger partial charge in [0.05, 0.1) is 22.6 Å². The predicted octanol–water partition coefficient (Wildman–Crippen LogP) is 1.74. The largest absolute Gasteiger partial charge is 0.370 e. The third-order valence-electron chi connectivity index (χ3n) is 4.43. The molecule has 1 heterocycles. The number of amides is 3. The van der Waals surface area contributed by atoms with Crippen LogP contribution in [0.1, 0.15) is 38.5 Å². The van der Waals surface area contributed by atoms with Gasteiger partial charge in [-0.15, -0.1) is 5.10 Å². The van der Waals surface area contributed by atoms with Gasteiger partial charge in [0.2, 0.25) is 5.91 Å². The number of anilines is 1. The van der Waals surface area contributed by atoms with Crippen LogP contribution in [0.2, 0.25) is 0 Å². The minimum absolute atomic E-state index is 0.0293. The van der Waals surface area contributed by atoms with Crippen molar-refractivity contribution < 1.29 is 14.4 Å². The number of hydrogen-bond donors (Lipinski definition) is 3. The van der Waals surface area contributed by atoms with Gasteiger partial charge in [-0.3, -0.25) is 14.4 Å². The van der Waals surface area contributed by atoms with E-state index in [0.29, 0.717) is 11.4 Å². The van der Waals surface area contributed by atoms with Crippen molar-refractivity contribution in [3.63, 3.8) is 0 Å². The van der Waals surface area contributed by atoms with E-state index in [2.05, 4.69) is 20.9 Å². The van der Waals surface area contributed by atoms with E-state index < -0.39 is 17.7 Å². The summed E-state index contributed by atoms with van der Waals surface area (Å²) in [5, 5.41) is 13.4. The molecule has 0 unspecified atom stereocenters. The Kier molecular flexibility index (Phi) is 6.21. The van der Waals surface area contributed by atoms with Crippen molar-refractivity contribution in [2.24, 2.45) is 5.73 Å². The van der Waals surface area contributed by atoms with Crippen LogP contribution >= 0.6 is 0 Å². The summed E-state index contributed by atoms with van der Waals surface area (Å²) in [6.07, 6.45) is 0.0293. The molecular formula is C21H22N6O3. The van der Waals surface area contributed by atoms with Gasteiger partial charge in [-0.05, 0) is 43.7 Å². The predicted molar refractivity (Wildman–Crippen MR) is 111 cm³/mol. The second-order valence-corrected chi connectivity index (χ2v) is 6.75. The van der Waals surface area contributed by atoms with Gasteiger partial charge < -0.3 is 16.4 Å². The van der Waals surface area contributed by atoms with Crippen molar-refractivity contribution in [2.75, 3.05) is 11.9 Å². The minimum atomic E-state index is -0.510. The Bertz CT molecular complexity index is 1110. The number of primary amides is 1. The van der Waals surface area contributed by atoms with Crippen molar-refractivity contribution in [3.8, 4) is 5.69 Å². The maximum atomic E-state index is 12.8. The van der Waals surface area contributed by atoms with Crippen molar-refractivity contribution in [3.05, 3.63) is 71.0 Å². The average Bonchev–Trinajstić information content (AvgIpc) is 3.09. The molecule has 0 radical (unpaired) electrons. The first-order chi connectivity index (χ1) is 14.4. The Labute approximate surface area is 173 Å². The molecule has 2 aromatic carbocycles. The summed E-state index contributed by atoms with van der Waals surface area (Å²) in [6.45, 7) is 3.83. The van der Waals surface area contributed by atoms with Crippen LogP contribution in [0.25, 0.3) is 5.69 Å². The lowest BCUT2D eigenvalue weighted by atomic mass is 10.1. The van der Waals surface area contributed by atoms with Crippen molar-refractivity contribution >= 4 is 23.4 Å². The lowest BCUT2D eigenvalue weighted by Gasteiger charge is -2.11. The monoisotopic (exact) mass is 406 g/mol. The van der Waals surface area contributed by atoms with Gasteiger partial charge in [-0.25, -0.2) is 4.68 Å². The molecule has 154 valence electrons. The second-order valence-electron chi connectivity index (χ2n) is 6.75. The second kappa shape index (κ2) is 8.99. The normalized spacial score (nSPS) is 10.5. The van der Waals surface area contributed by atoms with Gasteiger partial charge in [0.15, 0.2) is 5.69 Å². The first-order valence-electron chi connectivity index (χ1n) is 9.33. The Morgan fingerprint density at radius 1 is 1.03 bits per heavy atom. The molecule has 0 spiro atoms. The molecule has 3 aromatic rings. The average molecular weight is 406 g/mol. The van der Waals surface area contributed by atoms with Crippen LogP contribution in [0.4, 0.5) is 5.69 Å². The standard InChI is InChI=1S/C21H22N6O3/c1-13-6-5-7-15(12-13)27-14(2)19(25-26-27)21(30)24-17-9-4-3-8-16(17)20(29)23-11-10-18(22)28/h3-9,12H,10-11H2,1-2H3,(H2,22,28)(H,23,29)(H,24,30). The van der Waals surface area contributed by atoms with Gasteiger partial charge in [0, 0.05) is 13.0 Å². The number of nitrogens with one attached hydrogen (secondary N) is 2. The number of benzene rings is 2. The van der Waals surface area contributed by atoms with E-state index in [9.17, 15) is 14.4 Å². The Morgan fingerprint density at radius 3 is 2.53 bits per heavy atom. The van der Waals surface area contributed by atoms with Gasteiger partial charge in [0.1, 0.15) is 0 Å². The van der Waals surface area contributed by atoms with Crippen LogP contribution in [0.3, 0.4) is 0 Å². The molecule has 9 heteroatoms. The van der Waals surface area contributed by atoms with Crippen LogP contribution in [-0.2, 0) is 4.79 Å². The number of para-hydroxylation sites is 1. The summed E-state index contributed by atoms with van der Waals surface area (Å²) in [5.41, 5.74) is 8.25. The summed E-state index contributed by atoms with van der Waals surface area (Å²) < 4.78 is 1.59. The third kappa shape index (κ3) is 4.69. The number of aryl methyl sites for hydroxylation is 1. The van der Waals surface area contributed by atoms with Gasteiger partial charge >= 0.3 is 0 Å². The number of hydrogen-bond acceptors (Lipinski definition) is 5. The summed E-state index contributed by atoms with van der Waals surface area (Å²) in [7, 11) is 0. The lowest BCUT2D eigenvalue weighted by molar-refractivity contribution is -0.117. The van der Waals surface area contributed by atoms with Crippen molar-refractivity contribution in [2.45, 2.75) is 20.3 Å². The molecule has 0 saturated carbocycles. The molecule has 0 bridgehead atoms. The highest BCUT2D eigenvalue weighted by Crippen LogP contribution is 2.18. The SMILES string of the molecule is Cc1cccc(-n2nnc(C(=O)Nc3ccccc3C(=O)NCCC(N)=O)c2C)c1. The molecular weight excluding hydrogens is 384 g/mol. The zero-order valence-electron chi connectivity index (χ0n) is 16.7. The summed E-state index contributed by atoms with van der Waals surface area (Å²) in [5.74, 6) is -1.42.